The van der Waals surface area contributed by atoms with Crippen LogP contribution < -0.4 is 10.1 Å². The maximum Gasteiger partial charge on any atom is 0.338 e. The number of nitrogens with zero attached hydrogens (tertiary/aromatic N) is 2. The van der Waals surface area contributed by atoms with Crippen LogP contribution in [0.15, 0.2) is 42.5 Å². The molecule has 0 spiro atoms. The number of likely N-dealkylation sites (N-methyl/N-ethyl adjacent to an activating group) is 2. The van der Waals surface area contributed by atoms with E-state index >= 15 is 0 Å². The Morgan fingerprint density at radius 2 is 1.86 bits per heavy atom. The Balaban J connectivity index is 1.58. The number of rotatable bonds is 6. The van der Waals surface area contributed by atoms with Crippen molar-refractivity contribution in [2.75, 3.05) is 32.6 Å². The highest BCUT2D eigenvalue weighted by Crippen LogP contribution is 2.47. The fourth-order valence-electron chi connectivity index (χ4n) is 5.67. The third kappa shape index (κ3) is 5.21. The first-order chi connectivity index (χ1) is 17.5. The molecule has 8 nitrogen and oxygen atoms in total. The number of ether oxygens (including phenoxy) is 2. The van der Waals surface area contributed by atoms with Crippen LogP contribution in [0, 0.1) is 5.92 Å². The van der Waals surface area contributed by atoms with Crippen molar-refractivity contribution >= 4 is 23.7 Å². The van der Waals surface area contributed by atoms with E-state index in [4.69, 9.17) is 9.47 Å². The lowest BCUT2D eigenvalue weighted by atomic mass is 9.61. The van der Waals surface area contributed by atoms with E-state index in [1.54, 1.807) is 36.1 Å². The van der Waals surface area contributed by atoms with Gasteiger partial charge in [-0.25, -0.2) is 9.59 Å². The molecule has 1 saturated heterocycles. The molecule has 2 amide bonds. The van der Waals surface area contributed by atoms with Gasteiger partial charge in [-0.3, -0.25) is 4.79 Å². The predicted molar refractivity (Wildman–Crippen MR) is 142 cm³/mol. The van der Waals surface area contributed by atoms with Crippen molar-refractivity contribution in [1.82, 2.24) is 9.80 Å². The molecule has 37 heavy (non-hydrogen) atoms. The van der Waals surface area contributed by atoms with Crippen molar-refractivity contribution < 1.29 is 23.9 Å². The zero-order valence-corrected chi connectivity index (χ0v) is 22.5. The van der Waals surface area contributed by atoms with Crippen LogP contribution in [-0.4, -0.2) is 67.1 Å². The van der Waals surface area contributed by atoms with Gasteiger partial charge in [0.25, 0.3) is 0 Å². The van der Waals surface area contributed by atoms with E-state index < -0.39 is 0 Å². The van der Waals surface area contributed by atoms with Gasteiger partial charge >= 0.3 is 18.0 Å². The van der Waals surface area contributed by atoms with Crippen molar-refractivity contribution in [1.29, 1.82) is 0 Å². The second-order valence-corrected chi connectivity index (χ2v) is 10.6. The Kier molecular flexibility index (Phi) is 7.59. The topological polar surface area (TPSA) is 88.2 Å². The summed E-state index contributed by atoms with van der Waals surface area (Å²) in [5.74, 6) is -0.318. The SMILES string of the molecule is CCOC(=O)c1ccc(NC(=O)N(C)[C@H]2C3Cc4ccc(OC(=O)C(C)C)cc4[C@@]2(C)CCN3C)cc1. The predicted octanol–water partition coefficient (Wildman–Crippen LogP) is 4.48. The van der Waals surface area contributed by atoms with E-state index in [0.29, 0.717) is 23.6 Å². The van der Waals surface area contributed by atoms with Crippen LogP contribution >= 0.6 is 0 Å². The van der Waals surface area contributed by atoms with Crippen LogP contribution in [0.4, 0.5) is 10.5 Å². The van der Waals surface area contributed by atoms with E-state index in [2.05, 4.69) is 30.3 Å². The van der Waals surface area contributed by atoms with E-state index in [9.17, 15) is 14.4 Å². The van der Waals surface area contributed by atoms with Gasteiger partial charge in [0.05, 0.1) is 24.1 Å². The first-order valence-corrected chi connectivity index (χ1v) is 12.9. The highest BCUT2D eigenvalue weighted by atomic mass is 16.5. The molecule has 8 heteroatoms. The number of anilines is 1. The van der Waals surface area contributed by atoms with E-state index in [0.717, 1.165) is 24.9 Å². The molecule has 2 bridgehead atoms. The Morgan fingerprint density at radius 1 is 1.16 bits per heavy atom. The summed E-state index contributed by atoms with van der Waals surface area (Å²) in [6.45, 7) is 8.83. The molecule has 0 aromatic heterocycles. The van der Waals surface area contributed by atoms with Crippen molar-refractivity contribution in [3.8, 4) is 5.75 Å². The second kappa shape index (κ2) is 10.5. The number of hydrogen-bond donors (Lipinski definition) is 1. The first-order valence-electron chi connectivity index (χ1n) is 12.9. The van der Waals surface area contributed by atoms with Crippen LogP contribution in [0.5, 0.6) is 5.75 Å². The van der Waals surface area contributed by atoms with Crippen LogP contribution in [-0.2, 0) is 21.4 Å². The monoisotopic (exact) mass is 507 g/mol. The summed E-state index contributed by atoms with van der Waals surface area (Å²) >= 11 is 0. The number of fused-ring (bicyclic) bond motifs is 4. The highest BCUT2D eigenvalue weighted by molar-refractivity contribution is 5.92. The molecule has 0 radical (unpaired) electrons. The Labute approximate surface area is 218 Å². The van der Waals surface area contributed by atoms with Crippen molar-refractivity contribution in [2.45, 2.75) is 58.0 Å². The minimum Gasteiger partial charge on any atom is -0.462 e. The fraction of sp³-hybridized carbons (Fsp3) is 0.483. The number of nitrogens with one attached hydrogen (secondary N) is 1. The average molecular weight is 508 g/mol. The number of benzene rings is 2. The molecule has 2 aromatic carbocycles. The zero-order valence-electron chi connectivity index (χ0n) is 22.5. The van der Waals surface area contributed by atoms with Gasteiger partial charge in [0, 0.05) is 24.2 Å². The Bertz CT molecular complexity index is 1180. The minimum atomic E-state index is -0.388. The number of urea groups is 1. The van der Waals surface area contributed by atoms with E-state index in [-0.39, 0.29) is 41.4 Å². The van der Waals surface area contributed by atoms with Gasteiger partial charge in [-0.2, -0.15) is 0 Å². The summed E-state index contributed by atoms with van der Waals surface area (Å²) in [6.07, 6.45) is 1.67. The molecule has 4 rings (SSSR count). The number of esters is 2. The van der Waals surface area contributed by atoms with Gasteiger partial charge in [-0.05, 0) is 80.9 Å². The minimum absolute atomic E-state index is 0.0893. The molecule has 2 aliphatic rings. The van der Waals surface area contributed by atoms with Crippen LogP contribution in [0.3, 0.4) is 0 Å². The average Bonchev–Trinajstić information content (AvgIpc) is 2.87. The van der Waals surface area contributed by atoms with E-state index in [1.807, 2.05) is 33.0 Å². The van der Waals surface area contributed by atoms with Crippen molar-refractivity contribution in [3.05, 3.63) is 59.2 Å². The summed E-state index contributed by atoms with van der Waals surface area (Å²) in [4.78, 5) is 41.7. The number of piperidine rings is 1. The summed E-state index contributed by atoms with van der Waals surface area (Å²) < 4.78 is 10.7. The second-order valence-electron chi connectivity index (χ2n) is 10.6. The molecule has 1 fully saturated rings. The Morgan fingerprint density at radius 3 is 2.51 bits per heavy atom. The largest absolute Gasteiger partial charge is 0.462 e. The first kappa shape index (κ1) is 26.7. The molecule has 2 aromatic rings. The molecular weight excluding hydrogens is 470 g/mol. The lowest BCUT2D eigenvalue weighted by Crippen LogP contribution is -2.67. The summed E-state index contributed by atoms with van der Waals surface area (Å²) in [5.41, 5.74) is 3.09. The van der Waals surface area contributed by atoms with E-state index in [1.165, 1.54) is 5.56 Å². The number of hydrogen-bond acceptors (Lipinski definition) is 6. The molecule has 1 aliphatic heterocycles. The van der Waals surface area contributed by atoms with Crippen molar-refractivity contribution in [3.63, 3.8) is 0 Å². The number of carbonyl (C=O) groups is 3. The smallest absolute Gasteiger partial charge is 0.338 e. The highest BCUT2D eigenvalue weighted by Gasteiger charge is 2.52. The summed E-state index contributed by atoms with van der Waals surface area (Å²) in [5, 5.41) is 2.98. The molecule has 1 heterocycles. The molecule has 1 unspecified atom stereocenters. The van der Waals surface area contributed by atoms with Gasteiger partial charge in [0.15, 0.2) is 0 Å². The van der Waals surface area contributed by atoms with Crippen LogP contribution in [0.1, 0.15) is 55.6 Å². The lowest BCUT2D eigenvalue weighted by molar-refractivity contribution is -0.137. The van der Waals surface area contributed by atoms with Gasteiger partial charge in [-0.15, -0.1) is 0 Å². The van der Waals surface area contributed by atoms with Gasteiger partial charge in [0.2, 0.25) is 0 Å². The molecule has 0 saturated carbocycles. The molecule has 1 aliphatic carbocycles. The fourth-order valence-corrected chi connectivity index (χ4v) is 5.67. The van der Waals surface area contributed by atoms with Crippen LogP contribution in [0.25, 0.3) is 0 Å². The lowest BCUT2D eigenvalue weighted by Gasteiger charge is -2.57. The van der Waals surface area contributed by atoms with Crippen LogP contribution in [0.2, 0.25) is 0 Å². The zero-order chi connectivity index (χ0) is 26.9. The van der Waals surface area contributed by atoms with Gasteiger partial charge in [0.1, 0.15) is 5.75 Å². The third-order valence-corrected chi connectivity index (χ3v) is 7.77. The molecule has 198 valence electrons. The number of carbonyl (C=O) groups excluding carboxylic acids is 3. The molecular formula is C29H37N3O5. The quantitative estimate of drug-likeness (QED) is 0.458. The number of likely N-dealkylation sites (tertiary alicyclic amines) is 1. The standard InChI is InChI=1S/C29H37N3O5/c1-7-36-27(34)19-8-11-21(12-9-19)30-28(35)32(6)25-24-16-20-10-13-22(37-26(33)18(2)3)17-23(20)29(25,4)14-15-31(24)5/h8-13,17-18,24-25H,7,14-16H2,1-6H3,(H,30,35)/t24?,25-,29+/m0/s1. The third-order valence-electron chi connectivity index (χ3n) is 7.77. The Hall–Kier alpha value is -3.39. The summed E-state index contributed by atoms with van der Waals surface area (Å²) in [7, 11) is 3.95. The normalized spacial score (nSPS) is 22.7. The summed E-state index contributed by atoms with van der Waals surface area (Å²) in [6, 6.07) is 12.5. The maximum absolute atomic E-state index is 13.4. The molecule has 1 N–H and O–H groups in total. The number of amides is 2. The molecule has 3 atom stereocenters. The van der Waals surface area contributed by atoms with Gasteiger partial charge in [-0.1, -0.05) is 26.8 Å². The van der Waals surface area contributed by atoms with Crippen molar-refractivity contribution in [2.24, 2.45) is 5.92 Å². The van der Waals surface area contributed by atoms with Gasteiger partial charge < -0.3 is 24.6 Å². The maximum atomic E-state index is 13.4.